The number of piperazine rings is 1. The molecule has 1 heterocycles. The van der Waals surface area contributed by atoms with E-state index in [9.17, 15) is 4.79 Å². The molecule has 25 heavy (non-hydrogen) atoms. The fourth-order valence-corrected chi connectivity index (χ4v) is 3.46. The number of quaternary nitrogens is 2. The van der Waals surface area contributed by atoms with Gasteiger partial charge in [0.15, 0.2) is 6.54 Å². The van der Waals surface area contributed by atoms with Crippen molar-refractivity contribution in [3.05, 3.63) is 65.2 Å². The minimum atomic E-state index is 0.112. The Morgan fingerprint density at radius 3 is 2.24 bits per heavy atom. The van der Waals surface area contributed by atoms with Crippen LogP contribution < -0.4 is 15.1 Å². The van der Waals surface area contributed by atoms with E-state index in [4.69, 9.17) is 0 Å². The van der Waals surface area contributed by atoms with Crippen molar-refractivity contribution < 1.29 is 14.6 Å². The highest BCUT2D eigenvalue weighted by Crippen LogP contribution is 2.07. The molecule has 1 saturated heterocycles. The summed E-state index contributed by atoms with van der Waals surface area (Å²) in [7, 11) is 0. The van der Waals surface area contributed by atoms with Gasteiger partial charge >= 0.3 is 0 Å². The SMILES string of the molecule is Cc1ccc(NC(=O)C[NH+]2CC[NH+](Cc3ccccc3C)CC2)cc1. The van der Waals surface area contributed by atoms with Crippen LogP contribution in [0.5, 0.6) is 0 Å². The molecule has 1 amide bonds. The fourth-order valence-electron chi connectivity index (χ4n) is 3.46. The summed E-state index contributed by atoms with van der Waals surface area (Å²) in [4.78, 5) is 15.3. The molecule has 0 aromatic heterocycles. The van der Waals surface area contributed by atoms with Crippen molar-refractivity contribution in [1.29, 1.82) is 0 Å². The number of carbonyl (C=O) groups is 1. The summed E-state index contributed by atoms with van der Waals surface area (Å²) in [6.07, 6.45) is 0. The molecule has 0 saturated carbocycles. The van der Waals surface area contributed by atoms with Gasteiger partial charge in [0.25, 0.3) is 5.91 Å². The number of nitrogens with one attached hydrogen (secondary N) is 3. The highest BCUT2D eigenvalue weighted by atomic mass is 16.2. The number of rotatable bonds is 5. The Morgan fingerprint density at radius 1 is 0.920 bits per heavy atom. The third kappa shape index (κ3) is 5.15. The molecular weight excluding hydrogens is 310 g/mol. The van der Waals surface area contributed by atoms with Gasteiger partial charge in [-0.15, -0.1) is 0 Å². The molecule has 132 valence electrons. The van der Waals surface area contributed by atoms with Crippen LogP contribution in [0.1, 0.15) is 16.7 Å². The number of benzene rings is 2. The van der Waals surface area contributed by atoms with Crippen molar-refractivity contribution in [3.63, 3.8) is 0 Å². The molecule has 0 bridgehead atoms. The van der Waals surface area contributed by atoms with Gasteiger partial charge in [-0.25, -0.2) is 0 Å². The van der Waals surface area contributed by atoms with Crippen LogP contribution in [0.15, 0.2) is 48.5 Å². The third-order valence-corrected chi connectivity index (χ3v) is 5.11. The molecule has 1 aliphatic rings. The first kappa shape index (κ1) is 17.6. The monoisotopic (exact) mass is 339 g/mol. The van der Waals surface area contributed by atoms with Crippen LogP contribution in [0.3, 0.4) is 0 Å². The van der Waals surface area contributed by atoms with Crippen molar-refractivity contribution in [2.75, 3.05) is 38.0 Å². The predicted molar refractivity (Wildman–Crippen MR) is 101 cm³/mol. The molecule has 0 unspecified atom stereocenters. The van der Waals surface area contributed by atoms with Gasteiger partial charge in [-0.05, 0) is 31.5 Å². The van der Waals surface area contributed by atoms with Gasteiger partial charge in [0.2, 0.25) is 0 Å². The summed E-state index contributed by atoms with van der Waals surface area (Å²) < 4.78 is 0. The first-order chi connectivity index (χ1) is 12.1. The standard InChI is InChI=1S/C21H27N3O/c1-17-7-9-20(10-8-17)22-21(25)16-24-13-11-23(12-14-24)15-19-6-4-3-5-18(19)2/h3-10H,11-16H2,1-2H3,(H,22,25)/p+2. The normalized spacial score (nSPS) is 20.2. The molecule has 2 aromatic rings. The number of aryl methyl sites for hydroxylation is 2. The minimum Gasteiger partial charge on any atom is -0.322 e. The van der Waals surface area contributed by atoms with Gasteiger partial charge < -0.3 is 15.1 Å². The van der Waals surface area contributed by atoms with Crippen molar-refractivity contribution >= 4 is 11.6 Å². The maximum atomic E-state index is 12.2. The van der Waals surface area contributed by atoms with E-state index < -0.39 is 0 Å². The Kier molecular flexibility index (Phi) is 5.84. The molecule has 1 aliphatic heterocycles. The van der Waals surface area contributed by atoms with E-state index in [-0.39, 0.29) is 5.91 Å². The Bertz CT molecular complexity index is 703. The number of hydrogen-bond donors (Lipinski definition) is 3. The predicted octanol–water partition coefficient (Wildman–Crippen LogP) is 0.226. The van der Waals surface area contributed by atoms with Gasteiger partial charge in [-0.2, -0.15) is 0 Å². The van der Waals surface area contributed by atoms with Gasteiger partial charge in [0.05, 0.1) is 0 Å². The van der Waals surface area contributed by atoms with Gasteiger partial charge in [-0.1, -0.05) is 42.0 Å². The average molecular weight is 339 g/mol. The second kappa shape index (κ2) is 8.28. The smallest absolute Gasteiger partial charge is 0.279 e. The van der Waals surface area contributed by atoms with E-state index in [1.165, 1.54) is 21.6 Å². The highest BCUT2D eigenvalue weighted by molar-refractivity contribution is 5.91. The topological polar surface area (TPSA) is 38.0 Å². The second-order valence-electron chi connectivity index (χ2n) is 7.19. The zero-order valence-corrected chi connectivity index (χ0v) is 15.3. The van der Waals surface area contributed by atoms with Gasteiger partial charge in [0, 0.05) is 11.3 Å². The zero-order chi connectivity index (χ0) is 17.6. The lowest BCUT2D eigenvalue weighted by atomic mass is 10.1. The summed E-state index contributed by atoms with van der Waals surface area (Å²) in [5.74, 6) is 0.112. The average Bonchev–Trinajstić information content (AvgIpc) is 2.61. The lowest BCUT2D eigenvalue weighted by Crippen LogP contribution is -3.28. The molecule has 1 fully saturated rings. The van der Waals surface area contributed by atoms with Crippen molar-refractivity contribution in [3.8, 4) is 0 Å². The lowest BCUT2D eigenvalue weighted by molar-refractivity contribution is -1.02. The van der Waals surface area contributed by atoms with Crippen LogP contribution in [0, 0.1) is 13.8 Å². The van der Waals surface area contributed by atoms with E-state index in [0.717, 1.165) is 38.4 Å². The van der Waals surface area contributed by atoms with Gasteiger partial charge in [-0.3, -0.25) is 4.79 Å². The largest absolute Gasteiger partial charge is 0.322 e. The molecule has 3 N–H and O–H groups in total. The van der Waals surface area contributed by atoms with Crippen LogP contribution in [-0.4, -0.2) is 38.6 Å². The molecule has 0 spiro atoms. The van der Waals surface area contributed by atoms with Crippen molar-refractivity contribution in [1.82, 2.24) is 0 Å². The molecule has 2 aromatic carbocycles. The van der Waals surface area contributed by atoms with Crippen LogP contribution in [0.25, 0.3) is 0 Å². The fraction of sp³-hybridized carbons (Fsp3) is 0.381. The number of hydrogen-bond acceptors (Lipinski definition) is 1. The van der Waals surface area contributed by atoms with E-state index >= 15 is 0 Å². The summed E-state index contributed by atoms with van der Waals surface area (Å²) in [5.41, 5.74) is 4.91. The number of anilines is 1. The molecule has 0 atom stereocenters. The quantitative estimate of drug-likeness (QED) is 0.717. The third-order valence-electron chi connectivity index (χ3n) is 5.11. The Balaban J connectivity index is 1.43. The van der Waals surface area contributed by atoms with E-state index in [2.05, 4.69) is 43.4 Å². The molecule has 0 aliphatic carbocycles. The number of amides is 1. The Labute approximate surface area is 150 Å². The summed E-state index contributed by atoms with van der Waals surface area (Å²) in [6, 6.07) is 16.6. The summed E-state index contributed by atoms with van der Waals surface area (Å²) in [6.45, 7) is 10.3. The Morgan fingerprint density at radius 2 is 1.56 bits per heavy atom. The summed E-state index contributed by atoms with van der Waals surface area (Å²) >= 11 is 0. The highest BCUT2D eigenvalue weighted by Gasteiger charge is 2.25. The maximum Gasteiger partial charge on any atom is 0.279 e. The number of carbonyl (C=O) groups excluding carboxylic acids is 1. The minimum absolute atomic E-state index is 0.112. The summed E-state index contributed by atoms with van der Waals surface area (Å²) in [5, 5.41) is 3.01. The molecule has 4 nitrogen and oxygen atoms in total. The molecule has 3 rings (SSSR count). The van der Waals surface area contributed by atoms with Crippen LogP contribution >= 0.6 is 0 Å². The van der Waals surface area contributed by atoms with E-state index in [0.29, 0.717) is 6.54 Å². The lowest BCUT2D eigenvalue weighted by Gasteiger charge is -2.29. The first-order valence-corrected chi connectivity index (χ1v) is 9.18. The van der Waals surface area contributed by atoms with Crippen molar-refractivity contribution in [2.24, 2.45) is 0 Å². The van der Waals surface area contributed by atoms with Crippen LogP contribution in [-0.2, 0) is 11.3 Å². The van der Waals surface area contributed by atoms with Crippen LogP contribution in [0.2, 0.25) is 0 Å². The maximum absolute atomic E-state index is 12.2. The van der Waals surface area contributed by atoms with Gasteiger partial charge in [0.1, 0.15) is 32.7 Å². The molecular formula is C21H29N3O+2. The van der Waals surface area contributed by atoms with E-state index in [1.807, 2.05) is 24.3 Å². The zero-order valence-electron chi connectivity index (χ0n) is 15.3. The van der Waals surface area contributed by atoms with Crippen LogP contribution in [0.4, 0.5) is 5.69 Å². The Hall–Kier alpha value is -2.17. The molecule has 4 heteroatoms. The molecule has 0 radical (unpaired) electrons. The van der Waals surface area contributed by atoms with Crippen molar-refractivity contribution in [2.45, 2.75) is 20.4 Å². The second-order valence-corrected chi connectivity index (χ2v) is 7.19. The first-order valence-electron chi connectivity index (χ1n) is 9.18. The van der Waals surface area contributed by atoms with E-state index in [1.54, 1.807) is 4.90 Å².